The molecule has 104 valence electrons. The van der Waals surface area contributed by atoms with E-state index in [1.54, 1.807) is 31.2 Å². The van der Waals surface area contributed by atoms with E-state index in [-0.39, 0.29) is 12.4 Å². The Hall–Kier alpha value is -2.63. The van der Waals surface area contributed by atoms with Gasteiger partial charge in [0.25, 0.3) is 0 Å². The highest BCUT2D eigenvalue weighted by molar-refractivity contribution is 5.78. The summed E-state index contributed by atoms with van der Waals surface area (Å²) in [7, 11) is 0. The summed E-state index contributed by atoms with van der Waals surface area (Å²) in [6.45, 7) is 1.97. The number of carbonyl (C=O) groups is 1. The maximum Gasteiger partial charge on any atom is 0.427 e. The fourth-order valence-corrected chi connectivity index (χ4v) is 1.50. The molecule has 0 aliphatic heterocycles. The van der Waals surface area contributed by atoms with Gasteiger partial charge >= 0.3 is 6.09 Å². The van der Waals surface area contributed by atoms with Crippen LogP contribution in [0.25, 0.3) is 11.3 Å². The Bertz CT molecular complexity index is 605. The minimum atomic E-state index is -0.630. The van der Waals surface area contributed by atoms with Crippen LogP contribution in [-0.4, -0.2) is 18.9 Å². The number of hydrazone groups is 1. The molecule has 0 spiro atoms. The molecular weight excluding hydrogens is 263 g/mol. The topological polar surface area (TPSA) is 63.8 Å². The number of nitrogens with zero attached hydrogens (tertiary/aromatic N) is 1. The molecule has 0 saturated heterocycles. The van der Waals surface area contributed by atoms with E-state index in [1.807, 2.05) is 0 Å². The van der Waals surface area contributed by atoms with Crippen molar-refractivity contribution in [1.82, 2.24) is 5.43 Å². The fourth-order valence-electron chi connectivity index (χ4n) is 1.50. The molecule has 0 atom stereocenters. The second-order valence-electron chi connectivity index (χ2n) is 3.80. The number of hydrogen-bond acceptors (Lipinski definition) is 4. The van der Waals surface area contributed by atoms with Crippen LogP contribution in [0.15, 0.2) is 45.9 Å². The minimum Gasteiger partial charge on any atom is -0.455 e. The average Bonchev–Trinajstić information content (AvgIpc) is 2.89. The fraction of sp³-hybridized carbons (Fsp3) is 0.143. The Balaban J connectivity index is 2.00. The molecule has 2 rings (SSSR count). The lowest BCUT2D eigenvalue weighted by Crippen LogP contribution is -2.18. The molecule has 0 radical (unpaired) electrons. The molecule has 1 N–H and O–H groups in total. The van der Waals surface area contributed by atoms with E-state index in [9.17, 15) is 9.18 Å². The molecule has 5 nitrogen and oxygen atoms in total. The van der Waals surface area contributed by atoms with Crippen LogP contribution in [0.5, 0.6) is 0 Å². The second-order valence-corrected chi connectivity index (χ2v) is 3.80. The third kappa shape index (κ3) is 3.68. The summed E-state index contributed by atoms with van der Waals surface area (Å²) in [5.74, 6) is 0.740. The molecule has 0 fully saturated rings. The van der Waals surface area contributed by atoms with Gasteiger partial charge in [0.2, 0.25) is 0 Å². The summed E-state index contributed by atoms with van der Waals surface area (Å²) in [4.78, 5) is 11.0. The molecule has 1 aromatic carbocycles. The van der Waals surface area contributed by atoms with Crippen LogP contribution in [0.1, 0.15) is 12.7 Å². The van der Waals surface area contributed by atoms with Crippen molar-refractivity contribution in [1.29, 1.82) is 0 Å². The van der Waals surface area contributed by atoms with Crippen LogP contribution in [0.4, 0.5) is 9.18 Å². The van der Waals surface area contributed by atoms with E-state index in [2.05, 4.69) is 15.3 Å². The molecule has 0 saturated carbocycles. The second kappa shape index (κ2) is 6.51. The van der Waals surface area contributed by atoms with Gasteiger partial charge in [0, 0.05) is 5.56 Å². The highest BCUT2D eigenvalue weighted by Gasteiger charge is 2.03. The number of amides is 1. The van der Waals surface area contributed by atoms with Gasteiger partial charge in [-0.25, -0.2) is 14.6 Å². The van der Waals surface area contributed by atoms with Crippen molar-refractivity contribution in [2.24, 2.45) is 5.10 Å². The van der Waals surface area contributed by atoms with Crippen LogP contribution < -0.4 is 5.43 Å². The first-order chi connectivity index (χ1) is 9.69. The number of benzene rings is 1. The van der Waals surface area contributed by atoms with Gasteiger partial charge in [-0.05, 0) is 43.3 Å². The molecular formula is C14H13FN2O3. The number of halogens is 1. The number of ether oxygens (including phenoxy) is 1. The van der Waals surface area contributed by atoms with Gasteiger partial charge in [0.15, 0.2) is 0 Å². The van der Waals surface area contributed by atoms with Crippen LogP contribution in [0.3, 0.4) is 0 Å². The normalized spacial score (nSPS) is 10.7. The van der Waals surface area contributed by atoms with Crippen molar-refractivity contribution in [3.05, 3.63) is 48.0 Å². The highest BCUT2D eigenvalue weighted by Crippen LogP contribution is 2.21. The Labute approximate surface area is 115 Å². The van der Waals surface area contributed by atoms with Gasteiger partial charge in [-0.15, -0.1) is 0 Å². The van der Waals surface area contributed by atoms with Gasteiger partial charge in [-0.3, -0.25) is 0 Å². The molecule has 1 amide bonds. The van der Waals surface area contributed by atoms with Crippen LogP contribution in [-0.2, 0) is 4.74 Å². The molecule has 6 heteroatoms. The smallest absolute Gasteiger partial charge is 0.427 e. The van der Waals surface area contributed by atoms with Gasteiger partial charge < -0.3 is 9.15 Å². The van der Waals surface area contributed by atoms with Crippen LogP contribution in [0.2, 0.25) is 0 Å². The van der Waals surface area contributed by atoms with E-state index < -0.39 is 6.09 Å². The Kier molecular flexibility index (Phi) is 4.49. The first kappa shape index (κ1) is 13.8. The first-order valence-corrected chi connectivity index (χ1v) is 6.00. The van der Waals surface area contributed by atoms with Gasteiger partial charge in [0.1, 0.15) is 17.3 Å². The third-order valence-corrected chi connectivity index (χ3v) is 2.38. The summed E-state index contributed by atoms with van der Waals surface area (Å²) in [6.07, 6.45) is 0.721. The lowest BCUT2D eigenvalue weighted by molar-refractivity contribution is 0.152. The number of carbonyl (C=O) groups excluding carboxylic acids is 1. The maximum absolute atomic E-state index is 12.8. The molecule has 2 aromatic rings. The lowest BCUT2D eigenvalue weighted by Gasteiger charge is -1.98. The molecule has 0 aliphatic rings. The Morgan fingerprint density at radius 2 is 2.10 bits per heavy atom. The van der Waals surface area contributed by atoms with Gasteiger partial charge in [-0.1, -0.05) is 0 Å². The number of hydrogen-bond donors (Lipinski definition) is 1. The summed E-state index contributed by atoms with van der Waals surface area (Å²) in [5, 5.41) is 3.68. The summed E-state index contributed by atoms with van der Waals surface area (Å²) < 4.78 is 22.9. The minimum absolute atomic E-state index is 0.275. The van der Waals surface area contributed by atoms with E-state index in [4.69, 9.17) is 4.42 Å². The molecule has 0 bridgehead atoms. The molecule has 0 aliphatic carbocycles. The largest absolute Gasteiger partial charge is 0.455 e. The van der Waals surface area contributed by atoms with E-state index in [0.29, 0.717) is 11.5 Å². The highest BCUT2D eigenvalue weighted by atomic mass is 19.1. The summed E-state index contributed by atoms with van der Waals surface area (Å²) >= 11 is 0. The molecule has 1 heterocycles. The molecule has 1 aromatic heterocycles. The zero-order chi connectivity index (χ0) is 14.4. The zero-order valence-corrected chi connectivity index (χ0v) is 10.8. The third-order valence-electron chi connectivity index (χ3n) is 2.38. The van der Waals surface area contributed by atoms with Crippen LogP contribution in [0, 0.1) is 5.82 Å². The van der Waals surface area contributed by atoms with Crippen molar-refractivity contribution in [2.75, 3.05) is 6.61 Å². The predicted octanol–water partition coefficient (Wildman–Crippen LogP) is 3.17. The summed E-state index contributed by atoms with van der Waals surface area (Å²) in [6, 6.07) is 9.37. The number of rotatable bonds is 4. The summed E-state index contributed by atoms with van der Waals surface area (Å²) in [5.41, 5.74) is 2.94. The van der Waals surface area contributed by atoms with Crippen molar-refractivity contribution >= 4 is 12.3 Å². The average molecular weight is 276 g/mol. The Morgan fingerprint density at radius 3 is 2.80 bits per heavy atom. The zero-order valence-electron chi connectivity index (χ0n) is 10.8. The van der Waals surface area contributed by atoms with E-state index in [0.717, 1.165) is 5.56 Å². The SMILES string of the molecule is CCOC(=O)NN=Cc1ccc(-c2ccc(F)cc2)o1. The standard InChI is InChI=1S/C14H13FN2O3/c1-2-19-14(18)17-16-9-12-7-8-13(20-12)10-3-5-11(15)6-4-10/h3-9H,2H2,1H3,(H,17,18). The molecule has 0 unspecified atom stereocenters. The monoisotopic (exact) mass is 276 g/mol. The number of furan rings is 1. The van der Waals surface area contributed by atoms with Gasteiger partial charge in [0.05, 0.1) is 12.8 Å². The quantitative estimate of drug-likeness (QED) is 0.689. The first-order valence-electron chi connectivity index (χ1n) is 6.00. The van der Waals surface area contributed by atoms with E-state index >= 15 is 0 Å². The number of nitrogens with one attached hydrogen (secondary N) is 1. The van der Waals surface area contributed by atoms with Crippen molar-refractivity contribution in [3.63, 3.8) is 0 Å². The maximum atomic E-state index is 12.8. The van der Waals surface area contributed by atoms with Gasteiger partial charge in [-0.2, -0.15) is 5.10 Å². The molecule has 20 heavy (non-hydrogen) atoms. The predicted molar refractivity (Wildman–Crippen MR) is 71.9 cm³/mol. The lowest BCUT2D eigenvalue weighted by atomic mass is 10.2. The van der Waals surface area contributed by atoms with Crippen molar-refractivity contribution in [2.45, 2.75) is 6.92 Å². The van der Waals surface area contributed by atoms with Crippen molar-refractivity contribution in [3.8, 4) is 11.3 Å². The van der Waals surface area contributed by atoms with E-state index in [1.165, 1.54) is 18.3 Å². The van der Waals surface area contributed by atoms with Crippen molar-refractivity contribution < 1.29 is 18.3 Å². The Morgan fingerprint density at radius 1 is 1.35 bits per heavy atom. The van der Waals surface area contributed by atoms with Crippen LogP contribution >= 0.6 is 0 Å².